The molecule has 0 fully saturated rings. The Morgan fingerprint density at radius 2 is 1.74 bits per heavy atom. The van der Waals surface area contributed by atoms with Gasteiger partial charge in [0.15, 0.2) is 0 Å². The number of hydrogen-bond acceptors (Lipinski definition) is 2. The Hall–Kier alpha value is -1.55. The SMILES string of the molecule is CCCNCCNC(=O)c1cc(-c2ccccc2)ccc1Cl.Cl. The fraction of sp³-hybridized carbons (Fsp3) is 0.278. The summed E-state index contributed by atoms with van der Waals surface area (Å²) in [5, 5.41) is 6.61. The highest BCUT2D eigenvalue weighted by molar-refractivity contribution is 6.34. The van der Waals surface area contributed by atoms with Crippen LogP contribution in [-0.2, 0) is 0 Å². The number of carbonyl (C=O) groups excluding carboxylic acids is 1. The van der Waals surface area contributed by atoms with Crippen molar-refractivity contribution >= 4 is 29.9 Å². The number of halogens is 2. The molecule has 23 heavy (non-hydrogen) atoms. The van der Waals surface area contributed by atoms with E-state index in [-0.39, 0.29) is 18.3 Å². The summed E-state index contributed by atoms with van der Waals surface area (Å²) < 4.78 is 0. The zero-order valence-corrected chi connectivity index (χ0v) is 14.7. The second kappa shape index (κ2) is 10.3. The van der Waals surface area contributed by atoms with E-state index in [0.29, 0.717) is 17.1 Å². The molecule has 2 aromatic rings. The van der Waals surface area contributed by atoms with Crippen LogP contribution in [0.2, 0.25) is 5.02 Å². The maximum absolute atomic E-state index is 12.3. The standard InChI is InChI=1S/C18H21ClN2O.ClH/c1-2-10-20-11-12-21-18(22)16-13-15(8-9-17(16)19)14-6-4-3-5-7-14;/h3-9,13,20H,2,10-12H2,1H3,(H,21,22);1H. The molecule has 0 bridgehead atoms. The molecule has 2 rings (SSSR count). The Morgan fingerprint density at radius 1 is 1.00 bits per heavy atom. The van der Waals surface area contributed by atoms with Gasteiger partial charge in [0, 0.05) is 13.1 Å². The predicted molar refractivity (Wildman–Crippen MR) is 99.6 cm³/mol. The third kappa shape index (κ3) is 5.87. The van der Waals surface area contributed by atoms with E-state index in [1.807, 2.05) is 42.5 Å². The highest BCUT2D eigenvalue weighted by atomic mass is 35.5. The van der Waals surface area contributed by atoms with Crippen LogP contribution in [-0.4, -0.2) is 25.5 Å². The van der Waals surface area contributed by atoms with E-state index < -0.39 is 0 Å². The molecule has 0 unspecified atom stereocenters. The predicted octanol–water partition coefficient (Wildman–Crippen LogP) is 4.16. The zero-order valence-electron chi connectivity index (χ0n) is 13.1. The molecule has 0 aliphatic heterocycles. The first kappa shape index (κ1) is 19.5. The molecule has 3 nitrogen and oxygen atoms in total. The molecule has 0 radical (unpaired) electrons. The first-order valence-corrected chi connectivity index (χ1v) is 7.94. The van der Waals surface area contributed by atoms with Crippen LogP contribution in [0.1, 0.15) is 23.7 Å². The largest absolute Gasteiger partial charge is 0.351 e. The van der Waals surface area contributed by atoms with Gasteiger partial charge in [-0.2, -0.15) is 0 Å². The third-order valence-electron chi connectivity index (χ3n) is 3.33. The normalized spacial score (nSPS) is 10.0. The average Bonchev–Trinajstić information content (AvgIpc) is 2.55. The monoisotopic (exact) mass is 352 g/mol. The highest BCUT2D eigenvalue weighted by Crippen LogP contribution is 2.25. The molecule has 0 atom stereocenters. The van der Waals surface area contributed by atoms with Crippen LogP contribution in [0, 0.1) is 0 Å². The lowest BCUT2D eigenvalue weighted by Gasteiger charge is -2.09. The van der Waals surface area contributed by atoms with Crippen molar-refractivity contribution in [2.24, 2.45) is 0 Å². The van der Waals surface area contributed by atoms with E-state index in [1.54, 1.807) is 6.07 Å². The van der Waals surface area contributed by atoms with Crippen molar-refractivity contribution in [1.29, 1.82) is 0 Å². The molecule has 5 heteroatoms. The molecule has 2 aromatic carbocycles. The molecule has 0 spiro atoms. The first-order valence-electron chi connectivity index (χ1n) is 7.56. The molecular formula is C18H22Cl2N2O. The lowest BCUT2D eigenvalue weighted by Crippen LogP contribution is -2.32. The minimum absolute atomic E-state index is 0. The van der Waals surface area contributed by atoms with Gasteiger partial charge in [0.05, 0.1) is 10.6 Å². The highest BCUT2D eigenvalue weighted by Gasteiger charge is 2.11. The summed E-state index contributed by atoms with van der Waals surface area (Å²) in [7, 11) is 0. The Labute approximate surface area is 148 Å². The Bertz CT molecular complexity index is 618. The Balaban J connectivity index is 0.00000264. The summed E-state index contributed by atoms with van der Waals surface area (Å²) in [6.07, 6.45) is 1.08. The van der Waals surface area contributed by atoms with Crippen molar-refractivity contribution in [1.82, 2.24) is 10.6 Å². The summed E-state index contributed by atoms with van der Waals surface area (Å²) >= 11 is 6.16. The van der Waals surface area contributed by atoms with E-state index in [1.165, 1.54) is 0 Å². The van der Waals surface area contributed by atoms with Gasteiger partial charge in [-0.3, -0.25) is 4.79 Å². The number of carbonyl (C=O) groups is 1. The van der Waals surface area contributed by atoms with Gasteiger partial charge < -0.3 is 10.6 Å². The van der Waals surface area contributed by atoms with Crippen LogP contribution in [0.3, 0.4) is 0 Å². The van der Waals surface area contributed by atoms with Gasteiger partial charge in [0.1, 0.15) is 0 Å². The molecule has 0 heterocycles. The first-order chi connectivity index (χ1) is 10.7. The van der Waals surface area contributed by atoms with Gasteiger partial charge in [-0.25, -0.2) is 0 Å². The van der Waals surface area contributed by atoms with Crippen LogP contribution >= 0.6 is 24.0 Å². The fourth-order valence-electron chi connectivity index (χ4n) is 2.17. The number of amides is 1. The smallest absolute Gasteiger partial charge is 0.252 e. The number of benzene rings is 2. The van der Waals surface area contributed by atoms with Crippen LogP contribution in [0.15, 0.2) is 48.5 Å². The van der Waals surface area contributed by atoms with E-state index in [4.69, 9.17) is 11.6 Å². The van der Waals surface area contributed by atoms with E-state index in [9.17, 15) is 4.79 Å². The fourth-order valence-corrected chi connectivity index (χ4v) is 2.37. The van der Waals surface area contributed by atoms with Crippen molar-refractivity contribution in [2.45, 2.75) is 13.3 Å². The summed E-state index contributed by atoms with van der Waals surface area (Å²) in [6.45, 7) is 4.42. The number of nitrogens with one attached hydrogen (secondary N) is 2. The van der Waals surface area contributed by atoms with Gasteiger partial charge in [-0.05, 0) is 36.2 Å². The van der Waals surface area contributed by atoms with Crippen molar-refractivity contribution in [2.75, 3.05) is 19.6 Å². The lowest BCUT2D eigenvalue weighted by atomic mass is 10.0. The van der Waals surface area contributed by atoms with Gasteiger partial charge in [-0.1, -0.05) is 54.9 Å². The van der Waals surface area contributed by atoms with E-state index in [2.05, 4.69) is 17.6 Å². The number of rotatable bonds is 7. The van der Waals surface area contributed by atoms with Gasteiger partial charge in [-0.15, -0.1) is 12.4 Å². The Morgan fingerprint density at radius 3 is 2.43 bits per heavy atom. The zero-order chi connectivity index (χ0) is 15.8. The molecule has 124 valence electrons. The topological polar surface area (TPSA) is 41.1 Å². The van der Waals surface area contributed by atoms with Crippen molar-refractivity contribution < 1.29 is 4.79 Å². The number of hydrogen-bond donors (Lipinski definition) is 2. The molecule has 1 amide bonds. The quantitative estimate of drug-likeness (QED) is 0.734. The van der Waals surface area contributed by atoms with Gasteiger partial charge >= 0.3 is 0 Å². The van der Waals surface area contributed by atoms with Gasteiger partial charge in [0.2, 0.25) is 0 Å². The van der Waals surface area contributed by atoms with Gasteiger partial charge in [0.25, 0.3) is 5.91 Å². The minimum Gasteiger partial charge on any atom is -0.351 e. The van der Waals surface area contributed by atoms with Crippen molar-refractivity contribution in [3.05, 3.63) is 59.1 Å². The molecule has 0 aromatic heterocycles. The third-order valence-corrected chi connectivity index (χ3v) is 3.66. The van der Waals surface area contributed by atoms with Crippen molar-refractivity contribution in [3.63, 3.8) is 0 Å². The lowest BCUT2D eigenvalue weighted by molar-refractivity contribution is 0.0954. The van der Waals surface area contributed by atoms with Crippen molar-refractivity contribution in [3.8, 4) is 11.1 Å². The molecule has 0 aliphatic carbocycles. The summed E-state index contributed by atoms with van der Waals surface area (Å²) in [5.41, 5.74) is 2.57. The molecule has 0 saturated heterocycles. The molecule has 0 aliphatic rings. The second-order valence-electron chi connectivity index (χ2n) is 5.07. The van der Waals surface area contributed by atoms with Crippen LogP contribution in [0.5, 0.6) is 0 Å². The molecule has 0 saturated carbocycles. The summed E-state index contributed by atoms with van der Waals surface area (Å²) in [4.78, 5) is 12.3. The van der Waals surface area contributed by atoms with E-state index in [0.717, 1.165) is 30.6 Å². The maximum Gasteiger partial charge on any atom is 0.252 e. The summed E-state index contributed by atoms with van der Waals surface area (Å²) in [6, 6.07) is 15.5. The van der Waals surface area contributed by atoms with E-state index >= 15 is 0 Å². The van der Waals surface area contributed by atoms with Crippen LogP contribution < -0.4 is 10.6 Å². The van der Waals surface area contributed by atoms with Crippen LogP contribution in [0.4, 0.5) is 0 Å². The summed E-state index contributed by atoms with van der Waals surface area (Å²) in [5.74, 6) is -0.138. The average molecular weight is 353 g/mol. The second-order valence-corrected chi connectivity index (χ2v) is 5.47. The molecular weight excluding hydrogens is 331 g/mol. The van der Waals surface area contributed by atoms with Crippen LogP contribution in [0.25, 0.3) is 11.1 Å². The minimum atomic E-state index is -0.138. The molecule has 2 N–H and O–H groups in total. The maximum atomic E-state index is 12.3. The Kier molecular flexibility index (Phi) is 8.70.